The highest BCUT2D eigenvalue weighted by Gasteiger charge is 2.59. The second-order valence-electron chi connectivity index (χ2n) is 8.96. The van der Waals surface area contributed by atoms with Gasteiger partial charge in [-0.05, 0) is 36.8 Å². The molecule has 2 unspecified atom stereocenters. The minimum atomic E-state index is -2.91. The maximum atomic E-state index is 14.8. The fourth-order valence-electron chi connectivity index (χ4n) is 5.95. The highest BCUT2D eigenvalue weighted by molar-refractivity contribution is 6.03. The van der Waals surface area contributed by atoms with Crippen molar-refractivity contribution in [3.8, 4) is 5.75 Å². The van der Waals surface area contributed by atoms with Crippen molar-refractivity contribution in [3.05, 3.63) is 69.3 Å². The molecule has 1 aromatic carbocycles. The average molecular weight is 475 g/mol. The molecule has 1 amide bonds. The Morgan fingerprint density at radius 3 is 2.74 bits per heavy atom. The first-order valence-electron chi connectivity index (χ1n) is 10.9. The van der Waals surface area contributed by atoms with Crippen molar-refractivity contribution in [1.82, 2.24) is 9.97 Å². The molecule has 0 spiro atoms. The molecule has 3 aromatic rings. The van der Waals surface area contributed by atoms with Crippen molar-refractivity contribution in [1.29, 1.82) is 0 Å². The first-order chi connectivity index (χ1) is 16.1. The van der Waals surface area contributed by atoms with Gasteiger partial charge in [0.05, 0.1) is 18.0 Å². The van der Waals surface area contributed by atoms with E-state index in [1.165, 1.54) is 31.5 Å². The Labute approximate surface area is 191 Å². The van der Waals surface area contributed by atoms with E-state index in [4.69, 9.17) is 10.5 Å². The molecule has 2 aliphatic carbocycles. The number of H-pyrrole nitrogens is 1. The van der Waals surface area contributed by atoms with Crippen LogP contribution in [-0.4, -0.2) is 28.9 Å². The van der Waals surface area contributed by atoms with Crippen LogP contribution in [0.5, 0.6) is 5.75 Å². The Balaban J connectivity index is 1.70. The van der Waals surface area contributed by atoms with Crippen LogP contribution < -0.4 is 15.9 Å². The number of amides is 1. The number of alkyl halides is 2. The Kier molecular flexibility index (Phi) is 5.14. The summed E-state index contributed by atoms with van der Waals surface area (Å²) in [7, 11) is 1.20. The van der Waals surface area contributed by atoms with Crippen LogP contribution in [0.15, 0.2) is 35.3 Å². The minimum Gasteiger partial charge on any atom is -0.493 e. The maximum absolute atomic E-state index is 14.8. The third kappa shape index (κ3) is 3.26. The highest BCUT2D eigenvalue weighted by atomic mass is 19.3. The van der Waals surface area contributed by atoms with Gasteiger partial charge in [-0.3, -0.25) is 14.6 Å². The summed E-state index contributed by atoms with van der Waals surface area (Å²) in [5.41, 5.74) is 5.54. The molecule has 2 saturated carbocycles. The number of pyridine rings is 2. The van der Waals surface area contributed by atoms with E-state index in [9.17, 15) is 27.2 Å². The number of carbonyl (C=O) groups excluding carboxylic acids is 1. The number of nitrogens with two attached hydrogens (primary N) is 1. The highest BCUT2D eigenvalue weighted by Crippen LogP contribution is 2.63. The number of halogens is 4. The lowest BCUT2D eigenvalue weighted by Gasteiger charge is -2.27. The summed E-state index contributed by atoms with van der Waals surface area (Å²) in [6.07, 6.45) is 1.27. The Hall–Kier alpha value is -3.43. The van der Waals surface area contributed by atoms with Crippen molar-refractivity contribution < 1.29 is 27.1 Å². The van der Waals surface area contributed by atoms with Gasteiger partial charge < -0.3 is 15.5 Å². The van der Waals surface area contributed by atoms with E-state index in [1.54, 1.807) is 0 Å². The van der Waals surface area contributed by atoms with Crippen LogP contribution in [0.1, 0.15) is 52.8 Å². The molecular formula is C24H21F4N3O3. The number of primary amides is 1. The molecule has 2 heterocycles. The Bertz CT molecular complexity index is 1370. The summed E-state index contributed by atoms with van der Waals surface area (Å²) in [5.74, 6) is -9.17. The predicted molar refractivity (Wildman–Crippen MR) is 115 cm³/mol. The minimum absolute atomic E-state index is 0.00391. The lowest BCUT2D eigenvalue weighted by molar-refractivity contribution is -0.0415. The number of ether oxygens (including phenoxy) is 1. The number of aromatic nitrogens is 2. The van der Waals surface area contributed by atoms with Crippen LogP contribution in [0, 0.1) is 23.5 Å². The number of aromatic amines is 1. The molecule has 5 rings (SSSR count). The average Bonchev–Trinajstić information content (AvgIpc) is 3.32. The molecule has 0 saturated heterocycles. The summed E-state index contributed by atoms with van der Waals surface area (Å²) in [6, 6.07) is 5.06. The predicted octanol–water partition coefficient (Wildman–Crippen LogP) is 4.24. The van der Waals surface area contributed by atoms with Crippen molar-refractivity contribution in [2.24, 2.45) is 17.6 Å². The van der Waals surface area contributed by atoms with E-state index in [0.29, 0.717) is 5.69 Å². The number of rotatable bonds is 4. The van der Waals surface area contributed by atoms with E-state index in [1.807, 2.05) is 0 Å². The number of hydrogen-bond donors (Lipinski definition) is 2. The van der Waals surface area contributed by atoms with Crippen molar-refractivity contribution in [3.63, 3.8) is 0 Å². The summed E-state index contributed by atoms with van der Waals surface area (Å²) in [6.45, 7) is 0. The van der Waals surface area contributed by atoms with Gasteiger partial charge in [-0.25, -0.2) is 13.2 Å². The van der Waals surface area contributed by atoms with Crippen LogP contribution in [0.25, 0.3) is 10.9 Å². The summed E-state index contributed by atoms with van der Waals surface area (Å²) >= 11 is 0. The lowest BCUT2D eigenvalue weighted by atomic mass is 9.80. The molecule has 178 valence electrons. The quantitative estimate of drug-likeness (QED) is 0.552. The number of fused-ring (bicyclic) bond motifs is 2. The molecule has 0 bridgehead atoms. The van der Waals surface area contributed by atoms with E-state index < -0.39 is 52.6 Å². The van der Waals surface area contributed by atoms with Crippen molar-refractivity contribution in [2.45, 2.75) is 37.0 Å². The molecule has 4 atom stereocenters. The first-order valence-corrected chi connectivity index (χ1v) is 10.9. The van der Waals surface area contributed by atoms with Crippen LogP contribution in [-0.2, 0) is 0 Å². The molecule has 2 fully saturated rings. The van der Waals surface area contributed by atoms with Crippen LogP contribution in [0.3, 0.4) is 0 Å². The SMILES string of the molecule is COc1c(C2C(c3cc(=O)c4c(C(N)=O)nccc4[nH]3)C[C@H]3[C@@H]2CCC3(F)F)ccc(F)c1F. The molecule has 6 nitrogen and oxygen atoms in total. The van der Waals surface area contributed by atoms with Gasteiger partial charge in [0.1, 0.15) is 5.69 Å². The number of benzene rings is 1. The van der Waals surface area contributed by atoms with Crippen LogP contribution >= 0.6 is 0 Å². The van der Waals surface area contributed by atoms with Gasteiger partial charge in [-0.2, -0.15) is 4.39 Å². The lowest BCUT2D eigenvalue weighted by Crippen LogP contribution is -2.23. The van der Waals surface area contributed by atoms with Gasteiger partial charge in [-0.15, -0.1) is 0 Å². The third-order valence-electron chi connectivity index (χ3n) is 7.31. The topological polar surface area (TPSA) is 98.1 Å². The zero-order valence-corrected chi connectivity index (χ0v) is 18.1. The number of nitrogens with one attached hydrogen (secondary N) is 1. The molecule has 3 N–H and O–H groups in total. The molecule has 10 heteroatoms. The van der Waals surface area contributed by atoms with E-state index in [-0.39, 0.29) is 47.2 Å². The van der Waals surface area contributed by atoms with Crippen molar-refractivity contribution in [2.75, 3.05) is 7.11 Å². The number of methoxy groups -OCH3 is 1. The largest absolute Gasteiger partial charge is 0.493 e. The summed E-state index contributed by atoms with van der Waals surface area (Å²) in [4.78, 5) is 31.7. The van der Waals surface area contributed by atoms with Gasteiger partial charge in [0.15, 0.2) is 17.0 Å². The zero-order chi connectivity index (χ0) is 24.4. The van der Waals surface area contributed by atoms with E-state index in [2.05, 4.69) is 9.97 Å². The molecule has 0 aliphatic heterocycles. The van der Waals surface area contributed by atoms with Crippen LogP contribution in [0.4, 0.5) is 17.6 Å². The fourth-order valence-corrected chi connectivity index (χ4v) is 5.95. The first kappa shape index (κ1) is 22.4. The Morgan fingerprint density at radius 1 is 1.26 bits per heavy atom. The second kappa shape index (κ2) is 7.82. The second-order valence-corrected chi connectivity index (χ2v) is 8.96. The van der Waals surface area contributed by atoms with Gasteiger partial charge >= 0.3 is 0 Å². The monoisotopic (exact) mass is 475 g/mol. The molecule has 34 heavy (non-hydrogen) atoms. The normalized spacial score (nSPS) is 25.4. The summed E-state index contributed by atoms with van der Waals surface area (Å²) in [5, 5.41) is 0.00391. The van der Waals surface area contributed by atoms with Gasteiger partial charge in [0.25, 0.3) is 11.8 Å². The fraction of sp³-hybridized carbons (Fsp3) is 0.375. The summed E-state index contributed by atoms with van der Waals surface area (Å²) < 4.78 is 63.2. The smallest absolute Gasteiger partial charge is 0.268 e. The van der Waals surface area contributed by atoms with Gasteiger partial charge in [0, 0.05) is 41.8 Å². The molecule has 2 aromatic heterocycles. The van der Waals surface area contributed by atoms with E-state index >= 15 is 0 Å². The standard InChI is InChI=1S/C24H21F4N3O3/c1-34-22-11(2-3-14(25)20(22)26)18-10-4-6-24(27,28)13(10)8-12(18)16-9-17(32)19-15(31-16)5-7-30-21(19)23(29)33/h2-3,5,7,9-10,12-13,18H,4,6,8H2,1H3,(H2,29,33)(H,31,32)/t10-,12?,13-,18?/m0/s1. The van der Waals surface area contributed by atoms with Gasteiger partial charge in [-0.1, -0.05) is 6.07 Å². The molecular weight excluding hydrogens is 454 g/mol. The Morgan fingerprint density at radius 2 is 2.03 bits per heavy atom. The number of carbonyl (C=O) groups is 1. The molecule has 0 radical (unpaired) electrons. The third-order valence-corrected chi connectivity index (χ3v) is 7.31. The maximum Gasteiger partial charge on any atom is 0.268 e. The van der Waals surface area contributed by atoms with E-state index in [0.717, 1.165) is 6.07 Å². The number of hydrogen-bond acceptors (Lipinski definition) is 4. The van der Waals surface area contributed by atoms with Crippen molar-refractivity contribution >= 4 is 16.8 Å². The van der Waals surface area contributed by atoms with Crippen LogP contribution in [0.2, 0.25) is 0 Å². The van der Waals surface area contributed by atoms with Gasteiger partial charge in [0.2, 0.25) is 5.82 Å². The zero-order valence-electron chi connectivity index (χ0n) is 18.1. The molecule has 2 aliphatic rings. The number of nitrogens with zero attached hydrogens (tertiary/aromatic N) is 1.